The fourth-order valence-corrected chi connectivity index (χ4v) is 2.91. The van der Waals surface area contributed by atoms with E-state index in [1.54, 1.807) is 0 Å². The first-order valence-electron chi connectivity index (χ1n) is 5.87. The van der Waals surface area contributed by atoms with E-state index < -0.39 is 12.1 Å². The number of carboxylic acids is 1. The summed E-state index contributed by atoms with van der Waals surface area (Å²) in [6.45, 7) is 5.02. The SMILES string of the molecule is COC(C(=O)O)C(C)(C)C1CCCCN1C. The quantitative estimate of drug-likeness (QED) is 0.795. The summed E-state index contributed by atoms with van der Waals surface area (Å²) < 4.78 is 5.15. The molecular formula is C12H23NO3. The molecule has 1 N–H and O–H groups in total. The molecule has 0 saturated carbocycles. The van der Waals surface area contributed by atoms with Gasteiger partial charge in [-0.3, -0.25) is 0 Å². The molecule has 16 heavy (non-hydrogen) atoms. The molecule has 4 nitrogen and oxygen atoms in total. The monoisotopic (exact) mass is 229 g/mol. The van der Waals surface area contributed by atoms with Crippen LogP contribution < -0.4 is 0 Å². The third-order valence-electron chi connectivity index (χ3n) is 3.77. The Morgan fingerprint density at radius 3 is 2.56 bits per heavy atom. The molecule has 0 spiro atoms. The van der Waals surface area contributed by atoms with Crippen molar-refractivity contribution < 1.29 is 14.6 Å². The molecule has 1 aliphatic rings. The van der Waals surface area contributed by atoms with Gasteiger partial charge >= 0.3 is 5.97 Å². The predicted molar refractivity (Wildman–Crippen MR) is 62.5 cm³/mol. The largest absolute Gasteiger partial charge is 0.479 e. The Morgan fingerprint density at radius 2 is 2.12 bits per heavy atom. The number of ether oxygens (including phenoxy) is 1. The van der Waals surface area contributed by atoms with Gasteiger partial charge in [0.25, 0.3) is 0 Å². The fourth-order valence-electron chi connectivity index (χ4n) is 2.91. The van der Waals surface area contributed by atoms with E-state index in [2.05, 4.69) is 11.9 Å². The molecule has 2 atom stereocenters. The molecule has 0 aromatic rings. The minimum Gasteiger partial charge on any atom is -0.479 e. The highest BCUT2D eigenvalue weighted by atomic mass is 16.5. The minimum atomic E-state index is -0.869. The van der Waals surface area contributed by atoms with Gasteiger partial charge in [-0.25, -0.2) is 4.79 Å². The van der Waals surface area contributed by atoms with Crippen LogP contribution in [0.1, 0.15) is 33.1 Å². The Bertz CT molecular complexity index is 253. The number of piperidine rings is 1. The third kappa shape index (κ3) is 2.55. The number of methoxy groups -OCH3 is 1. The van der Waals surface area contributed by atoms with Gasteiger partial charge in [0, 0.05) is 18.6 Å². The smallest absolute Gasteiger partial charge is 0.333 e. The minimum absolute atomic E-state index is 0.280. The Labute approximate surface area is 97.6 Å². The van der Waals surface area contributed by atoms with E-state index in [-0.39, 0.29) is 11.5 Å². The van der Waals surface area contributed by atoms with Gasteiger partial charge in [0.1, 0.15) is 0 Å². The van der Waals surface area contributed by atoms with E-state index in [0.717, 1.165) is 13.0 Å². The van der Waals surface area contributed by atoms with Crippen molar-refractivity contribution in [2.45, 2.75) is 45.3 Å². The summed E-state index contributed by atoms with van der Waals surface area (Å²) in [4.78, 5) is 13.4. The van der Waals surface area contributed by atoms with Crippen LogP contribution in [0.3, 0.4) is 0 Å². The number of carbonyl (C=O) groups is 1. The molecule has 0 aromatic heterocycles. The van der Waals surface area contributed by atoms with Gasteiger partial charge in [0.2, 0.25) is 0 Å². The van der Waals surface area contributed by atoms with Crippen molar-refractivity contribution in [3.8, 4) is 0 Å². The number of carboxylic acid groups (broad SMARTS) is 1. The second kappa shape index (κ2) is 5.15. The fraction of sp³-hybridized carbons (Fsp3) is 0.917. The van der Waals surface area contributed by atoms with E-state index >= 15 is 0 Å². The summed E-state index contributed by atoms with van der Waals surface area (Å²) in [6, 6.07) is 0.280. The van der Waals surface area contributed by atoms with Crippen molar-refractivity contribution in [1.82, 2.24) is 4.90 Å². The number of hydrogen-bond donors (Lipinski definition) is 1. The lowest BCUT2D eigenvalue weighted by Gasteiger charge is -2.45. The molecule has 4 heteroatoms. The molecule has 0 bridgehead atoms. The second-order valence-corrected chi connectivity index (χ2v) is 5.27. The Morgan fingerprint density at radius 1 is 1.50 bits per heavy atom. The highest BCUT2D eigenvalue weighted by Crippen LogP contribution is 2.35. The van der Waals surface area contributed by atoms with Gasteiger partial charge in [-0.05, 0) is 26.4 Å². The van der Waals surface area contributed by atoms with Crippen molar-refractivity contribution in [3.63, 3.8) is 0 Å². The van der Waals surface area contributed by atoms with Crippen LogP contribution in [0.2, 0.25) is 0 Å². The molecule has 0 radical (unpaired) electrons. The molecule has 1 rings (SSSR count). The van der Waals surface area contributed by atoms with Crippen LogP contribution in [0.4, 0.5) is 0 Å². The van der Waals surface area contributed by atoms with Gasteiger partial charge in [-0.1, -0.05) is 20.3 Å². The highest BCUT2D eigenvalue weighted by molar-refractivity contribution is 5.73. The first-order valence-corrected chi connectivity index (χ1v) is 5.87. The molecular weight excluding hydrogens is 206 g/mol. The van der Waals surface area contributed by atoms with Gasteiger partial charge in [-0.15, -0.1) is 0 Å². The molecule has 0 aromatic carbocycles. The zero-order valence-corrected chi connectivity index (χ0v) is 10.7. The summed E-state index contributed by atoms with van der Waals surface area (Å²) in [5, 5.41) is 9.18. The van der Waals surface area contributed by atoms with Crippen molar-refractivity contribution in [1.29, 1.82) is 0 Å². The van der Waals surface area contributed by atoms with Crippen LogP contribution in [0.15, 0.2) is 0 Å². The van der Waals surface area contributed by atoms with Crippen LogP contribution in [0, 0.1) is 5.41 Å². The normalized spacial score (nSPS) is 25.4. The van der Waals surface area contributed by atoms with Crippen LogP contribution in [0.5, 0.6) is 0 Å². The number of nitrogens with zero attached hydrogens (tertiary/aromatic N) is 1. The zero-order valence-electron chi connectivity index (χ0n) is 10.7. The number of rotatable bonds is 4. The first-order chi connectivity index (χ1) is 7.41. The van der Waals surface area contributed by atoms with Crippen LogP contribution in [-0.4, -0.2) is 48.8 Å². The van der Waals surface area contributed by atoms with Crippen molar-refractivity contribution in [2.75, 3.05) is 20.7 Å². The van der Waals surface area contributed by atoms with Crippen LogP contribution in [-0.2, 0) is 9.53 Å². The number of hydrogen-bond acceptors (Lipinski definition) is 3. The molecule has 1 aliphatic heterocycles. The first kappa shape index (κ1) is 13.5. The molecule has 1 fully saturated rings. The van der Waals surface area contributed by atoms with E-state index in [1.807, 2.05) is 13.8 Å². The average Bonchev–Trinajstić information content (AvgIpc) is 2.17. The molecule has 1 saturated heterocycles. The summed E-state index contributed by atoms with van der Waals surface area (Å²) in [6.07, 6.45) is 2.69. The maximum atomic E-state index is 11.2. The molecule has 0 amide bonds. The van der Waals surface area contributed by atoms with Crippen molar-refractivity contribution >= 4 is 5.97 Å². The summed E-state index contributed by atoms with van der Waals surface area (Å²) >= 11 is 0. The van der Waals surface area contributed by atoms with Crippen molar-refractivity contribution in [2.24, 2.45) is 5.41 Å². The molecule has 0 aliphatic carbocycles. The Kier molecular flexibility index (Phi) is 4.33. The van der Waals surface area contributed by atoms with Gasteiger partial charge < -0.3 is 14.7 Å². The van der Waals surface area contributed by atoms with E-state index in [1.165, 1.54) is 20.0 Å². The maximum absolute atomic E-state index is 11.2. The summed E-state index contributed by atoms with van der Waals surface area (Å²) in [5.41, 5.74) is -0.365. The van der Waals surface area contributed by atoms with Crippen LogP contribution >= 0.6 is 0 Å². The lowest BCUT2D eigenvalue weighted by Crippen LogP contribution is -2.54. The average molecular weight is 229 g/mol. The summed E-state index contributed by atoms with van der Waals surface area (Å²) in [7, 11) is 3.55. The van der Waals surface area contributed by atoms with Gasteiger partial charge in [0.15, 0.2) is 6.10 Å². The Balaban J connectivity index is 2.84. The van der Waals surface area contributed by atoms with Gasteiger partial charge in [0.05, 0.1) is 0 Å². The third-order valence-corrected chi connectivity index (χ3v) is 3.77. The molecule has 1 heterocycles. The van der Waals surface area contributed by atoms with E-state index in [9.17, 15) is 9.90 Å². The Hall–Kier alpha value is -0.610. The lowest BCUT2D eigenvalue weighted by molar-refractivity contribution is -0.160. The topological polar surface area (TPSA) is 49.8 Å². The number of aliphatic carboxylic acids is 1. The predicted octanol–water partition coefficient (Wildman–Crippen LogP) is 1.60. The molecule has 94 valence electrons. The highest BCUT2D eigenvalue weighted by Gasteiger charge is 2.44. The number of likely N-dealkylation sites (tertiary alicyclic amines) is 1. The zero-order chi connectivity index (χ0) is 12.3. The van der Waals surface area contributed by atoms with Gasteiger partial charge in [-0.2, -0.15) is 0 Å². The second-order valence-electron chi connectivity index (χ2n) is 5.27. The summed E-state index contributed by atoms with van der Waals surface area (Å²) in [5.74, 6) is -0.869. The molecule has 2 unspecified atom stereocenters. The lowest BCUT2D eigenvalue weighted by atomic mass is 9.74. The van der Waals surface area contributed by atoms with E-state index in [4.69, 9.17) is 4.74 Å². The maximum Gasteiger partial charge on any atom is 0.333 e. The van der Waals surface area contributed by atoms with E-state index in [0.29, 0.717) is 0 Å². The van der Waals surface area contributed by atoms with Crippen LogP contribution in [0.25, 0.3) is 0 Å². The standard InChI is InChI=1S/C12H23NO3/c1-12(2,10(16-4)11(14)15)9-7-5-6-8-13(9)3/h9-10H,5-8H2,1-4H3,(H,14,15). The van der Waals surface area contributed by atoms with Crippen molar-refractivity contribution in [3.05, 3.63) is 0 Å².